The Hall–Kier alpha value is -3.95. The van der Waals surface area contributed by atoms with Crippen LogP contribution in [-0.4, -0.2) is 36.2 Å². The molecule has 2 aromatic carbocycles. The van der Waals surface area contributed by atoms with Crippen LogP contribution >= 0.6 is 0 Å². The second-order valence-electron chi connectivity index (χ2n) is 6.02. The van der Waals surface area contributed by atoms with E-state index in [1.165, 1.54) is 11.0 Å². The van der Waals surface area contributed by atoms with Gasteiger partial charge in [-0.2, -0.15) is 0 Å². The molecule has 0 saturated heterocycles. The summed E-state index contributed by atoms with van der Waals surface area (Å²) in [5.41, 5.74) is 4.34. The predicted molar refractivity (Wildman–Crippen MR) is 98.7 cm³/mol. The molecule has 0 radical (unpaired) electrons. The highest BCUT2D eigenvalue weighted by Gasteiger charge is 2.08. The number of aryl methyl sites for hydroxylation is 1. The van der Waals surface area contributed by atoms with Crippen LogP contribution in [0.25, 0.3) is 16.7 Å². The Kier molecular flexibility index (Phi) is 4.13. The van der Waals surface area contributed by atoms with Crippen LogP contribution in [0.15, 0.2) is 47.5 Å². The molecule has 4 N–H and O–H groups in total. The molecule has 10 heteroatoms. The van der Waals surface area contributed by atoms with Crippen LogP contribution in [0, 0.1) is 6.92 Å². The lowest BCUT2D eigenvalue weighted by Crippen LogP contribution is -2.28. The fraction of sp³-hybridized carbons (Fsp3) is 0.118. The van der Waals surface area contributed by atoms with Crippen molar-refractivity contribution in [3.63, 3.8) is 0 Å². The SMILES string of the molecule is Cc1ccc(-n2cnnn2)cc1NC(=O)NCc1ccc2[nH]c(=O)[nH]c2c1. The molecular weight excluding hydrogens is 348 g/mol. The van der Waals surface area contributed by atoms with Crippen molar-refractivity contribution in [1.29, 1.82) is 0 Å². The third-order valence-electron chi connectivity index (χ3n) is 4.12. The van der Waals surface area contributed by atoms with Gasteiger partial charge in [0.05, 0.1) is 16.7 Å². The molecule has 10 nitrogen and oxygen atoms in total. The lowest BCUT2D eigenvalue weighted by atomic mass is 10.2. The van der Waals surface area contributed by atoms with E-state index in [-0.39, 0.29) is 11.7 Å². The summed E-state index contributed by atoms with van der Waals surface area (Å²) in [6, 6.07) is 10.6. The largest absolute Gasteiger partial charge is 0.334 e. The van der Waals surface area contributed by atoms with Gasteiger partial charge in [0.15, 0.2) is 0 Å². The van der Waals surface area contributed by atoms with E-state index in [4.69, 9.17) is 0 Å². The Labute approximate surface area is 152 Å². The molecule has 0 spiro atoms. The summed E-state index contributed by atoms with van der Waals surface area (Å²) in [5.74, 6) is 0. The number of benzene rings is 2. The number of nitrogens with one attached hydrogen (secondary N) is 4. The first-order chi connectivity index (χ1) is 13.1. The van der Waals surface area contributed by atoms with Gasteiger partial charge in [-0.25, -0.2) is 14.3 Å². The number of imidazole rings is 1. The highest BCUT2D eigenvalue weighted by atomic mass is 16.2. The van der Waals surface area contributed by atoms with Gasteiger partial charge in [-0.1, -0.05) is 12.1 Å². The maximum atomic E-state index is 12.3. The summed E-state index contributed by atoms with van der Waals surface area (Å²) in [5, 5.41) is 16.7. The normalized spacial score (nSPS) is 10.9. The fourth-order valence-corrected chi connectivity index (χ4v) is 2.71. The summed E-state index contributed by atoms with van der Waals surface area (Å²) in [6.07, 6.45) is 1.48. The van der Waals surface area contributed by atoms with Crippen molar-refractivity contribution in [3.8, 4) is 5.69 Å². The summed E-state index contributed by atoms with van der Waals surface area (Å²) in [6.45, 7) is 2.22. The Morgan fingerprint density at radius 3 is 2.81 bits per heavy atom. The van der Waals surface area contributed by atoms with E-state index < -0.39 is 0 Å². The second kappa shape index (κ2) is 6.75. The van der Waals surface area contributed by atoms with E-state index in [9.17, 15) is 9.59 Å². The first-order valence-corrected chi connectivity index (χ1v) is 8.18. The number of carbonyl (C=O) groups excluding carboxylic acids is 1. The Bertz CT molecular complexity index is 1160. The minimum Gasteiger partial charge on any atom is -0.334 e. The number of anilines is 1. The van der Waals surface area contributed by atoms with E-state index >= 15 is 0 Å². The number of carbonyl (C=O) groups is 1. The van der Waals surface area contributed by atoms with E-state index in [0.717, 1.165) is 22.3 Å². The van der Waals surface area contributed by atoms with Crippen LogP contribution in [0.2, 0.25) is 0 Å². The van der Waals surface area contributed by atoms with Crippen molar-refractivity contribution < 1.29 is 4.79 Å². The lowest BCUT2D eigenvalue weighted by molar-refractivity contribution is 0.251. The summed E-state index contributed by atoms with van der Waals surface area (Å²) in [7, 11) is 0. The van der Waals surface area contributed by atoms with Gasteiger partial charge in [0.25, 0.3) is 0 Å². The zero-order valence-corrected chi connectivity index (χ0v) is 14.4. The number of aromatic amines is 2. The monoisotopic (exact) mass is 364 g/mol. The average molecular weight is 364 g/mol. The number of amides is 2. The minimum absolute atomic E-state index is 0.259. The lowest BCUT2D eigenvalue weighted by Gasteiger charge is -2.11. The number of rotatable bonds is 4. The number of nitrogens with zero attached hydrogens (tertiary/aromatic N) is 4. The van der Waals surface area contributed by atoms with E-state index in [0.29, 0.717) is 17.7 Å². The molecule has 0 atom stereocenters. The van der Waals surface area contributed by atoms with Gasteiger partial charge >= 0.3 is 11.7 Å². The summed E-state index contributed by atoms with van der Waals surface area (Å²) >= 11 is 0. The van der Waals surface area contributed by atoms with Crippen molar-refractivity contribution in [3.05, 3.63) is 64.3 Å². The van der Waals surface area contributed by atoms with Gasteiger partial charge in [0, 0.05) is 12.2 Å². The summed E-state index contributed by atoms with van der Waals surface area (Å²) < 4.78 is 1.51. The third kappa shape index (κ3) is 3.54. The van der Waals surface area contributed by atoms with Crippen molar-refractivity contribution in [2.45, 2.75) is 13.5 Å². The minimum atomic E-state index is -0.338. The Morgan fingerprint density at radius 1 is 1.15 bits per heavy atom. The van der Waals surface area contributed by atoms with E-state index in [2.05, 4.69) is 36.1 Å². The Morgan fingerprint density at radius 2 is 2.00 bits per heavy atom. The Balaban J connectivity index is 1.44. The molecule has 0 aliphatic heterocycles. The molecule has 0 bridgehead atoms. The maximum Gasteiger partial charge on any atom is 0.323 e. The van der Waals surface area contributed by atoms with Crippen LogP contribution in [0.4, 0.5) is 10.5 Å². The van der Waals surface area contributed by atoms with Crippen molar-refractivity contribution in [2.24, 2.45) is 0 Å². The molecule has 0 unspecified atom stereocenters. The molecule has 2 amide bonds. The van der Waals surface area contributed by atoms with Gasteiger partial charge in [0.1, 0.15) is 6.33 Å². The van der Waals surface area contributed by atoms with Crippen molar-refractivity contribution in [2.75, 3.05) is 5.32 Å². The number of aromatic nitrogens is 6. The van der Waals surface area contributed by atoms with Crippen LogP contribution in [-0.2, 0) is 6.54 Å². The standard InChI is InChI=1S/C17H16N8O2/c1-10-2-4-12(25-9-19-23-24-25)7-14(10)21-16(26)18-8-11-3-5-13-15(6-11)22-17(27)20-13/h2-7,9H,8H2,1H3,(H2,18,21,26)(H2,20,22,27). The molecule has 0 aliphatic carbocycles. The van der Waals surface area contributed by atoms with Crippen LogP contribution in [0.3, 0.4) is 0 Å². The van der Waals surface area contributed by atoms with Gasteiger partial charge in [-0.05, 0) is 52.7 Å². The van der Waals surface area contributed by atoms with Gasteiger partial charge in [-0.3, -0.25) is 0 Å². The highest BCUT2D eigenvalue weighted by Crippen LogP contribution is 2.19. The van der Waals surface area contributed by atoms with E-state index in [1.807, 2.05) is 31.2 Å². The molecule has 2 aromatic heterocycles. The smallest absolute Gasteiger partial charge is 0.323 e. The van der Waals surface area contributed by atoms with E-state index in [1.54, 1.807) is 12.1 Å². The number of fused-ring (bicyclic) bond motifs is 1. The second-order valence-corrected chi connectivity index (χ2v) is 6.02. The predicted octanol–water partition coefficient (Wildman–Crippen LogP) is 1.46. The van der Waals surface area contributed by atoms with Crippen LogP contribution < -0.4 is 16.3 Å². The maximum absolute atomic E-state index is 12.3. The molecule has 0 aliphatic rings. The van der Waals surface area contributed by atoms with Gasteiger partial charge in [0.2, 0.25) is 0 Å². The van der Waals surface area contributed by atoms with Gasteiger partial charge in [-0.15, -0.1) is 5.10 Å². The molecule has 136 valence electrons. The number of tetrazole rings is 1. The molecular formula is C17H16N8O2. The number of urea groups is 1. The molecule has 0 fully saturated rings. The molecule has 4 aromatic rings. The zero-order valence-electron chi connectivity index (χ0n) is 14.4. The molecule has 4 rings (SSSR count). The third-order valence-corrected chi connectivity index (χ3v) is 4.12. The number of hydrogen-bond donors (Lipinski definition) is 4. The summed E-state index contributed by atoms with van der Waals surface area (Å²) in [4.78, 5) is 29.0. The van der Waals surface area contributed by atoms with Gasteiger partial charge < -0.3 is 20.6 Å². The number of H-pyrrole nitrogens is 2. The molecule has 27 heavy (non-hydrogen) atoms. The van der Waals surface area contributed by atoms with Crippen molar-refractivity contribution >= 4 is 22.8 Å². The highest BCUT2D eigenvalue weighted by molar-refractivity contribution is 5.90. The van der Waals surface area contributed by atoms with Crippen LogP contribution in [0.5, 0.6) is 0 Å². The molecule has 0 saturated carbocycles. The zero-order chi connectivity index (χ0) is 18.8. The average Bonchev–Trinajstić information content (AvgIpc) is 3.30. The first-order valence-electron chi connectivity index (χ1n) is 8.18. The fourth-order valence-electron chi connectivity index (χ4n) is 2.71. The first kappa shape index (κ1) is 16.5. The van der Waals surface area contributed by atoms with Crippen molar-refractivity contribution in [1.82, 2.24) is 35.5 Å². The van der Waals surface area contributed by atoms with Crippen LogP contribution in [0.1, 0.15) is 11.1 Å². The molecule has 2 heterocycles. The number of hydrogen-bond acceptors (Lipinski definition) is 5. The quantitative estimate of drug-likeness (QED) is 0.435. The topological polar surface area (TPSA) is 133 Å².